The third-order valence-electron chi connectivity index (χ3n) is 4.24. The Morgan fingerprint density at radius 3 is 2.72 bits per heavy atom. The topological polar surface area (TPSA) is 18.5 Å². The lowest BCUT2D eigenvalue weighted by molar-refractivity contribution is 0.229. The molecule has 0 amide bonds. The molecule has 0 bridgehead atoms. The van der Waals surface area contributed by atoms with Crippen LogP contribution in [0.3, 0.4) is 0 Å². The maximum atomic E-state index is 3.57. The van der Waals surface area contributed by atoms with Crippen molar-refractivity contribution in [3.8, 4) is 0 Å². The molecule has 1 saturated heterocycles. The molecule has 3 heteroatoms. The lowest BCUT2D eigenvalue weighted by atomic mass is 9.95. The second-order valence-corrected chi connectivity index (χ2v) is 5.67. The van der Waals surface area contributed by atoms with Gasteiger partial charge in [-0.25, -0.2) is 0 Å². The lowest BCUT2D eigenvalue weighted by Gasteiger charge is -2.34. The summed E-state index contributed by atoms with van der Waals surface area (Å²) in [6.07, 6.45) is 2.73. The monoisotopic (exact) mass is 245 g/mol. The normalized spacial score (nSPS) is 24.0. The molecule has 1 fully saturated rings. The maximum absolute atomic E-state index is 3.57. The molecule has 1 atom stereocenters. The van der Waals surface area contributed by atoms with Crippen LogP contribution in [0.15, 0.2) is 18.2 Å². The minimum Gasteiger partial charge on any atom is -0.378 e. The predicted octanol–water partition coefficient (Wildman–Crippen LogP) is 1.99. The van der Waals surface area contributed by atoms with Crippen LogP contribution in [0.25, 0.3) is 0 Å². The molecule has 18 heavy (non-hydrogen) atoms. The Kier molecular flexibility index (Phi) is 3.27. The zero-order valence-electron chi connectivity index (χ0n) is 11.4. The number of likely N-dealkylation sites (tertiary alicyclic amines) is 1. The fourth-order valence-corrected chi connectivity index (χ4v) is 3.18. The molecule has 1 N–H and O–H groups in total. The second-order valence-electron chi connectivity index (χ2n) is 5.67. The highest BCUT2D eigenvalue weighted by Crippen LogP contribution is 2.31. The first-order valence-electron chi connectivity index (χ1n) is 7.00. The largest absolute Gasteiger partial charge is 0.378 e. The van der Waals surface area contributed by atoms with Crippen LogP contribution in [0.1, 0.15) is 30.0 Å². The van der Waals surface area contributed by atoms with E-state index in [0.29, 0.717) is 6.04 Å². The van der Waals surface area contributed by atoms with Gasteiger partial charge in [0.2, 0.25) is 0 Å². The Labute approximate surface area is 110 Å². The van der Waals surface area contributed by atoms with Crippen LogP contribution in [-0.4, -0.2) is 38.6 Å². The average molecular weight is 245 g/mol. The van der Waals surface area contributed by atoms with Gasteiger partial charge in [0.25, 0.3) is 0 Å². The van der Waals surface area contributed by atoms with Crippen molar-refractivity contribution in [1.29, 1.82) is 0 Å². The van der Waals surface area contributed by atoms with Gasteiger partial charge >= 0.3 is 0 Å². The molecule has 2 aliphatic rings. The third-order valence-corrected chi connectivity index (χ3v) is 4.24. The highest BCUT2D eigenvalue weighted by molar-refractivity contribution is 5.51. The molecule has 0 unspecified atom stereocenters. The van der Waals surface area contributed by atoms with Crippen molar-refractivity contribution in [2.75, 3.05) is 38.6 Å². The number of hydrogen-bond donors (Lipinski definition) is 1. The van der Waals surface area contributed by atoms with Gasteiger partial charge in [0.1, 0.15) is 0 Å². The van der Waals surface area contributed by atoms with E-state index in [1.54, 1.807) is 5.56 Å². The van der Waals surface area contributed by atoms with Gasteiger partial charge in [0.05, 0.1) is 0 Å². The molecule has 3 rings (SSSR count). The molecule has 0 radical (unpaired) electrons. The van der Waals surface area contributed by atoms with Crippen LogP contribution >= 0.6 is 0 Å². The summed E-state index contributed by atoms with van der Waals surface area (Å²) in [6.45, 7) is 4.65. The number of anilines is 1. The summed E-state index contributed by atoms with van der Waals surface area (Å²) in [4.78, 5) is 4.82. The molecule has 1 aromatic carbocycles. The highest BCUT2D eigenvalue weighted by Gasteiger charge is 2.27. The molecule has 98 valence electrons. The minimum atomic E-state index is 0.590. The molecule has 1 aromatic rings. The predicted molar refractivity (Wildman–Crippen MR) is 76.0 cm³/mol. The number of nitrogens with one attached hydrogen (secondary N) is 1. The van der Waals surface area contributed by atoms with Crippen LogP contribution in [0, 0.1) is 0 Å². The van der Waals surface area contributed by atoms with Gasteiger partial charge < -0.3 is 10.2 Å². The Balaban J connectivity index is 1.90. The summed E-state index contributed by atoms with van der Waals surface area (Å²) >= 11 is 0. The van der Waals surface area contributed by atoms with E-state index in [4.69, 9.17) is 0 Å². The number of fused-ring (bicyclic) bond motifs is 1. The van der Waals surface area contributed by atoms with E-state index in [1.807, 2.05) is 0 Å². The second kappa shape index (κ2) is 4.90. The maximum Gasteiger partial charge on any atom is 0.0476 e. The zero-order chi connectivity index (χ0) is 12.5. The molecular formula is C15H23N3. The quantitative estimate of drug-likeness (QED) is 0.859. The summed E-state index contributed by atoms with van der Waals surface area (Å²) in [5.74, 6) is 0. The first kappa shape index (κ1) is 12.0. The van der Waals surface area contributed by atoms with E-state index >= 15 is 0 Å². The van der Waals surface area contributed by atoms with Crippen LogP contribution < -0.4 is 10.2 Å². The molecule has 2 aliphatic heterocycles. The molecule has 0 aliphatic carbocycles. The van der Waals surface area contributed by atoms with E-state index in [2.05, 4.69) is 47.4 Å². The standard InChI is InChI=1S/C15H23N3/c1-17(2)13-5-6-14-12(9-13)10-16-11-15(14)18-7-3-4-8-18/h5-6,9,15-16H,3-4,7-8,10-11H2,1-2H3/t15-/m0/s1. The van der Waals surface area contributed by atoms with Crippen molar-refractivity contribution in [1.82, 2.24) is 10.2 Å². The molecule has 0 saturated carbocycles. The minimum absolute atomic E-state index is 0.590. The Morgan fingerprint density at radius 1 is 1.22 bits per heavy atom. The Hall–Kier alpha value is -1.06. The molecule has 0 spiro atoms. The van der Waals surface area contributed by atoms with E-state index in [0.717, 1.165) is 13.1 Å². The van der Waals surface area contributed by atoms with Gasteiger partial charge in [-0.3, -0.25) is 4.90 Å². The molecular weight excluding hydrogens is 222 g/mol. The van der Waals surface area contributed by atoms with Crippen LogP contribution in [0.5, 0.6) is 0 Å². The van der Waals surface area contributed by atoms with E-state index < -0.39 is 0 Å². The molecule has 3 nitrogen and oxygen atoms in total. The fraction of sp³-hybridized carbons (Fsp3) is 0.600. The Bertz CT molecular complexity index is 422. The van der Waals surface area contributed by atoms with Crippen LogP contribution in [0.4, 0.5) is 5.69 Å². The number of hydrogen-bond acceptors (Lipinski definition) is 3. The van der Waals surface area contributed by atoms with Gasteiger partial charge in [-0.1, -0.05) is 6.07 Å². The van der Waals surface area contributed by atoms with Crippen molar-refractivity contribution in [2.24, 2.45) is 0 Å². The van der Waals surface area contributed by atoms with Crippen molar-refractivity contribution in [3.05, 3.63) is 29.3 Å². The van der Waals surface area contributed by atoms with Gasteiger partial charge in [-0.2, -0.15) is 0 Å². The zero-order valence-corrected chi connectivity index (χ0v) is 11.4. The summed E-state index contributed by atoms with van der Waals surface area (Å²) in [5.41, 5.74) is 4.32. The number of benzene rings is 1. The lowest BCUT2D eigenvalue weighted by Crippen LogP contribution is -2.38. The van der Waals surface area contributed by atoms with Gasteiger partial charge in [-0.05, 0) is 49.2 Å². The van der Waals surface area contributed by atoms with Crippen LogP contribution in [0.2, 0.25) is 0 Å². The first-order chi connectivity index (χ1) is 8.75. The van der Waals surface area contributed by atoms with E-state index in [-0.39, 0.29) is 0 Å². The van der Waals surface area contributed by atoms with Crippen LogP contribution in [-0.2, 0) is 6.54 Å². The SMILES string of the molecule is CN(C)c1ccc2c(c1)CNC[C@@H]2N1CCCC1. The van der Waals surface area contributed by atoms with Crippen molar-refractivity contribution in [3.63, 3.8) is 0 Å². The van der Waals surface area contributed by atoms with E-state index in [1.165, 1.54) is 37.2 Å². The first-order valence-corrected chi connectivity index (χ1v) is 7.00. The number of rotatable bonds is 2. The van der Waals surface area contributed by atoms with Gasteiger partial charge in [-0.15, -0.1) is 0 Å². The average Bonchev–Trinajstić information content (AvgIpc) is 2.91. The smallest absolute Gasteiger partial charge is 0.0476 e. The Morgan fingerprint density at radius 2 is 2.00 bits per heavy atom. The number of nitrogens with zero attached hydrogens (tertiary/aromatic N) is 2. The van der Waals surface area contributed by atoms with Gasteiger partial charge in [0.15, 0.2) is 0 Å². The molecule has 2 heterocycles. The summed E-state index contributed by atoms with van der Waals surface area (Å²) in [5, 5.41) is 3.57. The highest BCUT2D eigenvalue weighted by atomic mass is 15.2. The van der Waals surface area contributed by atoms with Crippen molar-refractivity contribution in [2.45, 2.75) is 25.4 Å². The van der Waals surface area contributed by atoms with Crippen molar-refractivity contribution < 1.29 is 0 Å². The summed E-state index contributed by atoms with van der Waals surface area (Å²) < 4.78 is 0. The fourth-order valence-electron chi connectivity index (χ4n) is 3.18. The third kappa shape index (κ3) is 2.13. The van der Waals surface area contributed by atoms with E-state index in [9.17, 15) is 0 Å². The van der Waals surface area contributed by atoms with Crippen molar-refractivity contribution >= 4 is 5.69 Å². The summed E-state index contributed by atoms with van der Waals surface area (Å²) in [6, 6.07) is 7.53. The molecule has 0 aromatic heterocycles. The van der Waals surface area contributed by atoms with Gasteiger partial charge in [0, 0.05) is 38.9 Å². The summed E-state index contributed by atoms with van der Waals surface area (Å²) in [7, 11) is 4.21.